The summed E-state index contributed by atoms with van der Waals surface area (Å²) < 4.78 is 9.84. The van der Waals surface area contributed by atoms with Crippen LogP contribution in [0.4, 0.5) is 5.95 Å². The van der Waals surface area contributed by atoms with E-state index in [4.69, 9.17) is 10.5 Å². The number of hydrogen-bond donors (Lipinski definition) is 2. The van der Waals surface area contributed by atoms with Gasteiger partial charge in [0.25, 0.3) is 0 Å². The fraction of sp³-hybridized carbons (Fsp3) is 0.263. The smallest absolute Gasteiger partial charge is 0.232 e. The van der Waals surface area contributed by atoms with Crippen LogP contribution < -0.4 is 15.8 Å². The Labute approximate surface area is 151 Å². The van der Waals surface area contributed by atoms with Gasteiger partial charge in [0, 0.05) is 18.5 Å². The number of nitrogen functional groups attached to an aromatic ring is 1. The topological polar surface area (TPSA) is 73.1 Å². The number of nitrogens with two attached hydrogens (primary N) is 1. The van der Waals surface area contributed by atoms with Gasteiger partial charge in [0.1, 0.15) is 17.4 Å². The SMILES string of the molecule is Nc1nsc(CN[C@@H]2C[C@H]2c2ccc(OCc3ccccc3)cc2)n1. The van der Waals surface area contributed by atoms with Crippen LogP contribution in [0.3, 0.4) is 0 Å². The maximum absolute atomic E-state index is 5.84. The van der Waals surface area contributed by atoms with Gasteiger partial charge in [-0.25, -0.2) is 4.98 Å². The molecule has 3 N–H and O–H groups in total. The summed E-state index contributed by atoms with van der Waals surface area (Å²) >= 11 is 1.36. The van der Waals surface area contributed by atoms with Crippen LogP contribution in [0.5, 0.6) is 5.75 Å². The van der Waals surface area contributed by atoms with Crippen molar-refractivity contribution in [2.45, 2.75) is 31.5 Å². The summed E-state index contributed by atoms with van der Waals surface area (Å²) in [6.07, 6.45) is 1.15. The molecule has 0 bridgehead atoms. The van der Waals surface area contributed by atoms with Gasteiger partial charge in [0.05, 0.1) is 0 Å². The predicted octanol–water partition coefficient (Wildman–Crippen LogP) is 3.35. The second kappa shape index (κ2) is 7.21. The second-order valence-electron chi connectivity index (χ2n) is 6.22. The number of benzene rings is 2. The number of hydrogen-bond acceptors (Lipinski definition) is 6. The molecule has 128 valence electrons. The lowest BCUT2D eigenvalue weighted by Gasteiger charge is -2.07. The fourth-order valence-electron chi connectivity index (χ4n) is 2.90. The van der Waals surface area contributed by atoms with Crippen LogP contribution in [-0.4, -0.2) is 15.4 Å². The van der Waals surface area contributed by atoms with E-state index in [1.807, 2.05) is 18.2 Å². The average Bonchev–Trinajstić information content (AvgIpc) is 3.32. The molecule has 4 rings (SSSR count). The summed E-state index contributed by atoms with van der Waals surface area (Å²) in [4.78, 5) is 4.17. The molecule has 0 amide bonds. The molecule has 0 radical (unpaired) electrons. The summed E-state index contributed by atoms with van der Waals surface area (Å²) in [7, 11) is 0. The first-order valence-corrected chi connectivity index (χ1v) is 9.13. The largest absolute Gasteiger partial charge is 0.489 e. The summed E-state index contributed by atoms with van der Waals surface area (Å²) in [6.45, 7) is 1.33. The molecule has 1 saturated carbocycles. The lowest BCUT2D eigenvalue weighted by molar-refractivity contribution is 0.306. The van der Waals surface area contributed by atoms with E-state index >= 15 is 0 Å². The van der Waals surface area contributed by atoms with Crippen molar-refractivity contribution < 1.29 is 4.74 Å². The molecule has 3 aromatic rings. The molecule has 2 aromatic carbocycles. The van der Waals surface area contributed by atoms with Crippen LogP contribution in [0.2, 0.25) is 0 Å². The third kappa shape index (κ3) is 4.15. The minimum atomic E-state index is 0.361. The number of anilines is 1. The normalized spacial score (nSPS) is 18.9. The minimum Gasteiger partial charge on any atom is -0.489 e. The quantitative estimate of drug-likeness (QED) is 0.682. The zero-order valence-corrected chi connectivity index (χ0v) is 14.6. The standard InChI is InChI=1S/C19H20N4OS/c20-19-22-18(25-23-19)11-21-17-10-16(17)14-6-8-15(9-7-14)24-12-13-4-2-1-3-5-13/h1-9,16-17,21H,10-12H2,(H2,20,23)/t16-,17+/m0/s1. The van der Waals surface area contributed by atoms with E-state index in [0.717, 1.165) is 23.7 Å². The highest BCUT2D eigenvalue weighted by Crippen LogP contribution is 2.41. The van der Waals surface area contributed by atoms with Crippen molar-refractivity contribution in [3.8, 4) is 5.75 Å². The van der Waals surface area contributed by atoms with Gasteiger partial charge in [0.15, 0.2) is 0 Å². The number of ether oxygens (including phenoxy) is 1. The highest BCUT2D eigenvalue weighted by molar-refractivity contribution is 7.05. The van der Waals surface area contributed by atoms with Gasteiger partial charge in [0.2, 0.25) is 5.95 Å². The van der Waals surface area contributed by atoms with Crippen LogP contribution in [0.15, 0.2) is 54.6 Å². The van der Waals surface area contributed by atoms with E-state index in [1.54, 1.807) is 0 Å². The van der Waals surface area contributed by atoms with Gasteiger partial charge in [-0.2, -0.15) is 4.37 Å². The number of nitrogens with one attached hydrogen (secondary N) is 1. The molecule has 0 aliphatic heterocycles. The zero-order valence-electron chi connectivity index (χ0n) is 13.8. The molecule has 0 spiro atoms. The van der Waals surface area contributed by atoms with E-state index in [2.05, 4.69) is 51.1 Å². The lowest BCUT2D eigenvalue weighted by atomic mass is 10.1. The van der Waals surface area contributed by atoms with Crippen LogP contribution in [0.25, 0.3) is 0 Å². The summed E-state index contributed by atoms with van der Waals surface area (Å²) in [5.74, 6) is 1.83. The molecule has 0 saturated heterocycles. The van der Waals surface area contributed by atoms with E-state index in [-0.39, 0.29) is 0 Å². The molecule has 1 aliphatic rings. The van der Waals surface area contributed by atoms with Gasteiger partial charge >= 0.3 is 0 Å². The number of nitrogens with zero attached hydrogens (tertiary/aromatic N) is 2. The molecule has 1 aliphatic carbocycles. The Kier molecular flexibility index (Phi) is 4.63. The molecule has 25 heavy (non-hydrogen) atoms. The molecule has 6 heteroatoms. The van der Waals surface area contributed by atoms with Crippen molar-refractivity contribution in [3.05, 3.63) is 70.7 Å². The Hall–Kier alpha value is -2.44. The molecule has 1 aromatic heterocycles. The van der Waals surface area contributed by atoms with Crippen LogP contribution in [0.1, 0.15) is 28.5 Å². The third-order valence-electron chi connectivity index (χ3n) is 4.35. The van der Waals surface area contributed by atoms with Crippen molar-refractivity contribution in [2.24, 2.45) is 0 Å². The van der Waals surface area contributed by atoms with Crippen molar-refractivity contribution in [2.75, 3.05) is 5.73 Å². The maximum atomic E-state index is 5.84. The highest BCUT2D eigenvalue weighted by Gasteiger charge is 2.37. The van der Waals surface area contributed by atoms with Crippen molar-refractivity contribution >= 4 is 17.5 Å². The zero-order chi connectivity index (χ0) is 17.1. The summed E-state index contributed by atoms with van der Waals surface area (Å²) in [5, 5.41) is 4.45. The minimum absolute atomic E-state index is 0.361. The third-order valence-corrected chi connectivity index (χ3v) is 5.07. The monoisotopic (exact) mass is 352 g/mol. The van der Waals surface area contributed by atoms with Crippen molar-refractivity contribution in [1.29, 1.82) is 0 Å². The van der Waals surface area contributed by atoms with Crippen molar-refractivity contribution in [3.63, 3.8) is 0 Å². The lowest BCUT2D eigenvalue weighted by Crippen LogP contribution is -2.17. The Balaban J connectivity index is 1.26. The first-order valence-electron chi connectivity index (χ1n) is 8.36. The Bertz CT molecular complexity index is 819. The van der Waals surface area contributed by atoms with E-state index < -0.39 is 0 Å². The average molecular weight is 352 g/mol. The van der Waals surface area contributed by atoms with Gasteiger partial charge in [-0.05, 0) is 41.2 Å². The Morgan fingerprint density at radius 3 is 2.64 bits per heavy atom. The molecular weight excluding hydrogens is 332 g/mol. The molecule has 5 nitrogen and oxygen atoms in total. The summed E-state index contributed by atoms with van der Waals surface area (Å²) in [5.41, 5.74) is 8.07. The fourth-order valence-corrected chi connectivity index (χ4v) is 3.42. The number of aromatic nitrogens is 2. The van der Waals surface area contributed by atoms with Gasteiger partial charge in [-0.1, -0.05) is 42.5 Å². The highest BCUT2D eigenvalue weighted by atomic mass is 32.1. The Morgan fingerprint density at radius 2 is 1.92 bits per heavy atom. The van der Waals surface area contributed by atoms with E-state index in [9.17, 15) is 0 Å². The molecule has 1 fully saturated rings. The second-order valence-corrected chi connectivity index (χ2v) is 7.06. The molecule has 0 unspecified atom stereocenters. The molecule has 1 heterocycles. The number of rotatable bonds is 7. The summed E-state index contributed by atoms with van der Waals surface area (Å²) in [6, 6.07) is 19.1. The first-order chi connectivity index (χ1) is 12.3. The van der Waals surface area contributed by atoms with Crippen molar-refractivity contribution in [1.82, 2.24) is 14.7 Å². The maximum Gasteiger partial charge on any atom is 0.232 e. The van der Waals surface area contributed by atoms with Crippen LogP contribution >= 0.6 is 11.5 Å². The molecule has 2 atom stereocenters. The van der Waals surface area contributed by atoms with Crippen LogP contribution in [-0.2, 0) is 13.2 Å². The van der Waals surface area contributed by atoms with Gasteiger partial charge in [-0.3, -0.25) is 0 Å². The van der Waals surface area contributed by atoms with Gasteiger partial charge < -0.3 is 15.8 Å². The predicted molar refractivity (Wildman–Crippen MR) is 99.5 cm³/mol. The Morgan fingerprint density at radius 1 is 1.12 bits per heavy atom. The van der Waals surface area contributed by atoms with E-state index in [1.165, 1.54) is 22.7 Å². The van der Waals surface area contributed by atoms with Gasteiger partial charge in [-0.15, -0.1) is 0 Å². The van der Waals surface area contributed by atoms with E-state index in [0.29, 0.717) is 24.5 Å². The first kappa shape index (κ1) is 16.1. The molecular formula is C19H20N4OS. The van der Waals surface area contributed by atoms with Crippen LogP contribution in [0, 0.1) is 0 Å².